The summed E-state index contributed by atoms with van der Waals surface area (Å²) in [4.78, 5) is 44.1. The Bertz CT molecular complexity index is 1870. The summed E-state index contributed by atoms with van der Waals surface area (Å²) in [6.45, 7) is 5.37. The summed E-state index contributed by atoms with van der Waals surface area (Å²) in [5.74, 6) is 2.76. The van der Waals surface area contributed by atoms with Crippen molar-refractivity contribution in [2.45, 2.75) is 26.8 Å². The SMILES string of the molecule is C#CCOc1cc(Br)c(/C=c2\sc3n(c2=O)[C@H](c2ccc(OCC(=O)OC)c(OCC)c2)C(C(=O)OCC)=C(C)N=3)cc1OC. The molecule has 11 nitrogen and oxygen atoms in total. The van der Waals surface area contributed by atoms with Gasteiger partial charge >= 0.3 is 11.9 Å². The van der Waals surface area contributed by atoms with Crippen LogP contribution in [0.1, 0.15) is 37.9 Å². The number of hydrogen-bond donors (Lipinski definition) is 0. The summed E-state index contributed by atoms with van der Waals surface area (Å²) >= 11 is 4.72. The number of methoxy groups -OCH3 is 2. The number of carbonyl (C=O) groups excluding carboxylic acids is 2. The second kappa shape index (κ2) is 15.0. The Morgan fingerprint density at radius 2 is 1.82 bits per heavy atom. The van der Waals surface area contributed by atoms with Gasteiger partial charge in [-0.15, -0.1) is 6.42 Å². The van der Waals surface area contributed by atoms with Crippen molar-refractivity contribution >= 4 is 45.3 Å². The van der Waals surface area contributed by atoms with Gasteiger partial charge in [0.05, 0.1) is 49.3 Å². The number of benzene rings is 2. The van der Waals surface area contributed by atoms with Crippen molar-refractivity contribution in [3.05, 3.63) is 76.9 Å². The van der Waals surface area contributed by atoms with Gasteiger partial charge < -0.3 is 28.4 Å². The van der Waals surface area contributed by atoms with Crippen molar-refractivity contribution in [1.29, 1.82) is 0 Å². The molecule has 0 amide bonds. The smallest absolute Gasteiger partial charge is 0.343 e. The summed E-state index contributed by atoms with van der Waals surface area (Å²) in [6, 6.07) is 7.53. The van der Waals surface area contributed by atoms with Gasteiger partial charge in [-0.3, -0.25) is 9.36 Å². The first-order valence-corrected chi connectivity index (χ1v) is 15.4. The van der Waals surface area contributed by atoms with Crippen LogP contribution in [-0.4, -0.2) is 57.2 Å². The number of ether oxygens (including phenoxy) is 6. The number of hydrogen-bond acceptors (Lipinski definition) is 11. The van der Waals surface area contributed by atoms with Crippen LogP contribution in [0.25, 0.3) is 6.08 Å². The van der Waals surface area contributed by atoms with Crippen LogP contribution in [0.3, 0.4) is 0 Å². The quantitative estimate of drug-likeness (QED) is 0.206. The van der Waals surface area contributed by atoms with Gasteiger partial charge in [0.1, 0.15) is 6.61 Å². The first kappa shape index (κ1) is 33.4. The number of halogens is 1. The molecule has 0 spiro atoms. The predicted octanol–water partition coefficient (Wildman–Crippen LogP) is 3.53. The lowest BCUT2D eigenvalue weighted by molar-refractivity contribution is -0.143. The van der Waals surface area contributed by atoms with E-state index in [9.17, 15) is 14.4 Å². The molecule has 0 fully saturated rings. The molecule has 2 aromatic carbocycles. The van der Waals surface area contributed by atoms with Crippen molar-refractivity contribution in [2.24, 2.45) is 4.99 Å². The average Bonchev–Trinajstić information content (AvgIpc) is 3.33. The zero-order valence-electron chi connectivity index (χ0n) is 25.3. The van der Waals surface area contributed by atoms with E-state index in [0.29, 0.717) is 60.2 Å². The largest absolute Gasteiger partial charge is 0.493 e. The van der Waals surface area contributed by atoms with E-state index in [2.05, 4.69) is 31.6 Å². The fourth-order valence-electron chi connectivity index (χ4n) is 4.58. The molecule has 1 atom stereocenters. The standard InChI is InChI=1S/C32H31BrN2O9S/c1-7-12-43-25-16-21(33)20(14-23(25)39-5)15-26-30(37)35-29(28(31(38)42-9-3)18(4)34-32(35)45-26)19-10-11-22(24(13-19)41-8-2)44-17-27(36)40-6/h1,10-11,13-16,29H,8-9,12,17H2,2-6H3/b26-15-/t29-/m1/s1. The lowest BCUT2D eigenvalue weighted by Crippen LogP contribution is -2.40. The van der Waals surface area contributed by atoms with E-state index >= 15 is 0 Å². The van der Waals surface area contributed by atoms with E-state index in [1.807, 2.05) is 0 Å². The first-order valence-electron chi connectivity index (χ1n) is 13.8. The van der Waals surface area contributed by atoms with E-state index in [1.54, 1.807) is 57.2 Å². The number of terminal acetylenes is 1. The van der Waals surface area contributed by atoms with Crippen molar-refractivity contribution in [2.75, 3.05) is 40.6 Å². The fourth-order valence-corrected chi connectivity index (χ4v) is 6.05. The van der Waals surface area contributed by atoms with E-state index in [1.165, 1.54) is 30.1 Å². The molecule has 0 saturated heterocycles. The second-order valence-corrected chi connectivity index (χ2v) is 11.2. The highest BCUT2D eigenvalue weighted by molar-refractivity contribution is 9.10. The van der Waals surface area contributed by atoms with Gasteiger partial charge in [-0.1, -0.05) is 39.3 Å². The molecule has 0 bridgehead atoms. The highest BCUT2D eigenvalue weighted by Gasteiger charge is 2.34. The van der Waals surface area contributed by atoms with Crippen LogP contribution in [0.15, 0.2) is 55.9 Å². The van der Waals surface area contributed by atoms with Crippen molar-refractivity contribution in [3.8, 4) is 35.3 Å². The molecule has 0 saturated carbocycles. The van der Waals surface area contributed by atoms with Crippen LogP contribution < -0.4 is 33.8 Å². The number of esters is 2. The van der Waals surface area contributed by atoms with Crippen molar-refractivity contribution < 1.29 is 38.0 Å². The lowest BCUT2D eigenvalue weighted by atomic mass is 9.95. The topological polar surface area (TPSA) is 124 Å². The summed E-state index contributed by atoms with van der Waals surface area (Å²) in [5.41, 5.74) is 1.44. The molecule has 4 rings (SSSR count). The molecule has 3 aromatic rings. The molecule has 236 valence electrons. The number of rotatable bonds is 12. The molecular weight excluding hydrogens is 668 g/mol. The Balaban J connectivity index is 1.90. The minimum Gasteiger partial charge on any atom is -0.493 e. The molecule has 0 radical (unpaired) electrons. The van der Waals surface area contributed by atoms with E-state index in [4.69, 9.17) is 30.1 Å². The van der Waals surface area contributed by atoms with Gasteiger partial charge in [0.15, 0.2) is 34.4 Å². The monoisotopic (exact) mass is 698 g/mol. The normalized spacial score (nSPS) is 14.2. The Morgan fingerprint density at radius 3 is 2.49 bits per heavy atom. The zero-order valence-corrected chi connectivity index (χ0v) is 27.7. The van der Waals surface area contributed by atoms with Gasteiger partial charge in [-0.25, -0.2) is 14.6 Å². The molecular formula is C32H31BrN2O9S. The van der Waals surface area contributed by atoms with E-state index in [0.717, 1.165) is 0 Å². The van der Waals surface area contributed by atoms with Gasteiger partial charge in [0.25, 0.3) is 5.56 Å². The Hall–Kier alpha value is -4.54. The number of aromatic nitrogens is 1. The Morgan fingerprint density at radius 1 is 1.07 bits per heavy atom. The predicted molar refractivity (Wildman–Crippen MR) is 171 cm³/mol. The average molecular weight is 700 g/mol. The second-order valence-electron chi connectivity index (χ2n) is 9.32. The van der Waals surface area contributed by atoms with Gasteiger partial charge in [0, 0.05) is 4.47 Å². The molecule has 0 N–H and O–H groups in total. The summed E-state index contributed by atoms with van der Waals surface area (Å²) in [7, 11) is 2.77. The number of carbonyl (C=O) groups is 2. The van der Waals surface area contributed by atoms with Crippen LogP contribution in [0.4, 0.5) is 0 Å². The number of fused-ring (bicyclic) bond motifs is 1. The number of nitrogens with zero attached hydrogens (tertiary/aromatic N) is 2. The van der Waals surface area contributed by atoms with Crippen molar-refractivity contribution in [3.63, 3.8) is 0 Å². The molecule has 45 heavy (non-hydrogen) atoms. The Kier molecular flexibility index (Phi) is 11.1. The van der Waals surface area contributed by atoms with Crippen LogP contribution in [0.5, 0.6) is 23.0 Å². The molecule has 1 aromatic heterocycles. The van der Waals surface area contributed by atoms with Gasteiger partial charge in [0.2, 0.25) is 0 Å². The maximum absolute atomic E-state index is 14.1. The Labute approximate surface area is 271 Å². The minimum absolute atomic E-state index is 0.0618. The third-order valence-electron chi connectivity index (χ3n) is 6.55. The third-order valence-corrected chi connectivity index (χ3v) is 8.22. The van der Waals surface area contributed by atoms with Crippen LogP contribution in [0.2, 0.25) is 0 Å². The summed E-state index contributed by atoms with van der Waals surface area (Å²) in [5, 5.41) is 0. The van der Waals surface area contributed by atoms with E-state index in [-0.39, 0.29) is 31.0 Å². The van der Waals surface area contributed by atoms with E-state index < -0.39 is 18.0 Å². The van der Waals surface area contributed by atoms with Crippen LogP contribution >= 0.6 is 27.3 Å². The summed E-state index contributed by atoms with van der Waals surface area (Å²) in [6.07, 6.45) is 7.04. The molecule has 0 unspecified atom stereocenters. The molecule has 1 aliphatic heterocycles. The maximum Gasteiger partial charge on any atom is 0.343 e. The highest BCUT2D eigenvalue weighted by atomic mass is 79.9. The zero-order chi connectivity index (χ0) is 32.7. The first-order chi connectivity index (χ1) is 21.7. The van der Waals surface area contributed by atoms with Gasteiger partial charge in [-0.05, 0) is 62.2 Å². The summed E-state index contributed by atoms with van der Waals surface area (Å²) < 4.78 is 35.0. The molecule has 2 heterocycles. The third kappa shape index (κ3) is 7.24. The van der Waals surface area contributed by atoms with Gasteiger partial charge in [-0.2, -0.15) is 0 Å². The molecule has 1 aliphatic rings. The fraction of sp³-hybridized carbons (Fsp3) is 0.312. The van der Waals surface area contributed by atoms with Crippen molar-refractivity contribution in [1.82, 2.24) is 4.57 Å². The molecule has 13 heteroatoms. The maximum atomic E-state index is 14.1. The van der Waals surface area contributed by atoms with Crippen LogP contribution in [-0.2, 0) is 19.1 Å². The lowest BCUT2D eigenvalue weighted by Gasteiger charge is -2.25. The molecule has 0 aliphatic carbocycles. The number of allylic oxidation sites excluding steroid dienone is 1. The minimum atomic E-state index is -0.895. The highest BCUT2D eigenvalue weighted by Crippen LogP contribution is 2.37. The van der Waals surface area contributed by atoms with Crippen LogP contribution in [0, 0.1) is 12.3 Å². The number of thiazole rings is 1.